The molecule has 392 valence electrons. The molecule has 6 unspecified atom stereocenters. The molecule has 4 rings (SSSR count). The molecule has 0 aliphatic heterocycles. The maximum absolute atomic E-state index is 17.2. The van der Waals surface area contributed by atoms with E-state index >= 15 is 57.1 Å². The molecule has 68 heavy (non-hydrogen) atoms. The highest BCUT2D eigenvalue weighted by molar-refractivity contribution is 5.82. The monoisotopic (exact) mass is 1050 g/mol. The molecule has 0 aromatic heterocycles. The molecule has 0 saturated heterocycles. The number of ether oxygens (including phenoxy) is 9. The van der Waals surface area contributed by atoms with Gasteiger partial charge in [0.1, 0.15) is 19.3 Å². The van der Waals surface area contributed by atoms with Gasteiger partial charge in [-0.3, -0.25) is 0 Å². The third-order valence-corrected chi connectivity index (χ3v) is 9.77. The number of hydrogen-bond donors (Lipinski definition) is 0. The van der Waals surface area contributed by atoms with E-state index in [1.807, 2.05) is 0 Å². The van der Waals surface area contributed by atoms with Crippen LogP contribution in [0, 0.1) is 0 Å². The van der Waals surface area contributed by atoms with Crippen molar-refractivity contribution in [2.45, 2.75) is 154 Å². The number of carbonyl (C=O) groups excluding carboxylic acids is 3. The fraction of sp³-hybridized carbons (Fsp3) is 0.735. The predicted molar refractivity (Wildman–Crippen MR) is 169 cm³/mol. The summed E-state index contributed by atoms with van der Waals surface area (Å²) < 4.78 is 376. The van der Waals surface area contributed by atoms with Crippen molar-refractivity contribution < 1.29 is 154 Å². The Hall–Kier alpha value is -4.15. The molecule has 12 nitrogen and oxygen atoms in total. The third kappa shape index (κ3) is 8.53. The summed E-state index contributed by atoms with van der Waals surface area (Å²) in [6, 6.07) is 0. The van der Waals surface area contributed by atoms with Crippen LogP contribution in [0.3, 0.4) is 0 Å². The first-order chi connectivity index (χ1) is 30.3. The minimum atomic E-state index is -8.25. The fourth-order valence-corrected chi connectivity index (χ4v) is 7.43. The molecule has 34 heteroatoms. The minimum absolute atomic E-state index is 0.0171. The van der Waals surface area contributed by atoms with Crippen LogP contribution in [0.1, 0.15) is 40.0 Å². The highest BCUT2D eigenvalue weighted by Crippen LogP contribution is 2.89. The van der Waals surface area contributed by atoms with Gasteiger partial charge in [-0.1, -0.05) is 19.7 Å². The summed E-state index contributed by atoms with van der Waals surface area (Å²) in [5, 5.41) is 0. The third-order valence-electron chi connectivity index (χ3n) is 9.77. The average Bonchev–Trinajstić information content (AvgIpc) is 3.12. The molecule has 0 amide bonds. The van der Waals surface area contributed by atoms with Gasteiger partial charge >= 0.3 is 77.6 Å². The van der Waals surface area contributed by atoms with E-state index in [1.54, 1.807) is 0 Å². The molecule has 6 atom stereocenters. The summed E-state index contributed by atoms with van der Waals surface area (Å²) in [7, 11) is 0. The molecule has 0 N–H and O–H groups in total. The summed E-state index contributed by atoms with van der Waals surface area (Å²) in [6.45, 7) is 6.87. The zero-order valence-corrected chi connectivity index (χ0v) is 33.7. The highest BCUT2D eigenvalue weighted by Gasteiger charge is 3.23. The van der Waals surface area contributed by atoms with Gasteiger partial charge in [0, 0.05) is 18.2 Å². The van der Waals surface area contributed by atoms with E-state index in [2.05, 4.69) is 62.4 Å². The van der Waals surface area contributed by atoms with Gasteiger partial charge in [-0.25, -0.2) is 18.8 Å². The number of halogens is 22. The first-order valence-electron chi connectivity index (χ1n) is 17.9. The van der Waals surface area contributed by atoms with Crippen molar-refractivity contribution in [1.82, 2.24) is 0 Å². The van der Waals surface area contributed by atoms with E-state index in [-0.39, 0.29) is 18.2 Å². The zero-order chi connectivity index (χ0) is 53.3. The van der Waals surface area contributed by atoms with Crippen molar-refractivity contribution in [3.63, 3.8) is 0 Å². The van der Waals surface area contributed by atoms with E-state index in [9.17, 15) is 53.9 Å². The van der Waals surface area contributed by atoms with Gasteiger partial charge in [0.15, 0.2) is 18.9 Å². The lowest BCUT2D eigenvalue weighted by Gasteiger charge is -2.77. The normalized spacial score (nSPS) is 31.0. The summed E-state index contributed by atoms with van der Waals surface area (Å²) in [4.78, 5) is 35.0. The quantitative estimate of drug-likeness (QED) is 0.0357. The van der Waals surface area contributed by atoms with Crippen molar-refractivity contribution in [3.05, 3.63) is 38.0 Å². The van der Waals surface area contributed by atoms with Crippen molar-refractivity contribution in [3.8, 4) is 0 Å². The Balaban J connectivity index is 2.57. The van der Waals surface area contributed by atoms with Crippen molar-refractivity contribution in [2.24, 2.45) is 0 Å². The SMILES string of the molecule is C=CC(=O)OC(CC(F)(F)F)OC(C)OC12C(F)(F)C3(F)C(F)(F)C(OC(C)OC(CC(F)(F)F)OC(=O)C=C)(C1(F)F)C(F)(F)C(OC(C)OC(CC(F)(F)F)OC(=O)C=C)(C3(F)F)C2(F)F. The van der Waals surface area contributed by atoms with E-state index in [1.165, 1.54) is 0 Å². The number of alkyl halides is 22. The van der Waals surface area contributed by atoms with Gasteiger partial charge in [0.2, 0.25) is 18.9 Å². The molecule has 0 aromatic carbocycles. The Morgan fingerprint density at radius 1 is 0.412 bits per heavy atom. The molecule has 0 spiro atoms. The summed E-state index contributed by atoms with van der Waals surface area (Å²) >= 11 is 0. The van der Waals surface area contributed by atoms with E-state index in [4.69, 9.17) is 0 Å². The number of carbonyl (C=O) groups is 3. The van der Waals surface area contributed by atoms with Crippen LogP contribution in [0.4, 0.5) is 96.6 Å². The van der Waals surface area contributed by atoms with Crippen LogP contribution in [0.25, 0.3) is 0 Å². The van der Waals surface area contributed by atoms with Crippen molar-refractivity contribution in [2.75, 3.05) is 0 Å². The van der Waals surface area contributed by atoms with Crippen LogP contribution >= 0.6 is 0 Å². The zero-order valence-electron chi connectivity index (χ0n) is 33.7. The number of hydrogen-bond acceptors (Lipinski definition) is 12. The predicted octanol–water partition coefficient (Wildman–Crippen LogP) is 8.92. The smallest absolute Gasteiger partial charge is 0.395 e. The number of esters is 3. The van der Waals surface area contributed by atoms with Gasteiger partial charge in [0.05, 0.1) is 0 Å². The molecule has 0 radical (unpaired) electrons. The first kappa shape index (κ1) is 58.2. The molecule has 0 heterocycles. The molecule has 4 bridgehead atoms. The Kier molecular flexibility index (Phi) is 15.3. The second-order valence-electron chi connectivity index (χ2n) is 14.3. The van der Waals surface area contributed by atoms with E-state index in [0.29, 0.717) is 0 Å². The number of rotatable bonds is 21. The molecule has 4 aliphatic carbocycles. The largest absolute Gasteiger partial charge is 0.432 e. The van der Waals surface area contributed by atoms with Crippen LogP contribution < -0.4 is 0 Å². The minimum Gasteiger partial charge on any atom is -0.432 e. The van der Waals surface area contributed by atoms with Crippen LogP contribution in [0.15, 0.2) is 38.0 Å². The Morgan fingerprint density at radius 3 is 0.765 bits per heavy atom. The lowest BCUT2D eigenvalue weighted by atomic mass is 9.38. The molecular weight excluding hydrogens is 1020 g/mol. The Bertz CT molecular complexity index is 1700. The highest BCUT2D eigenvalue weighted by atomic mass is 19.4. The van der Waals surface area contributed by atoms with Crippen LogP contribution in [-0.4, -0.2) is 132 Å². The van der Waals surface area contributed by atoms with Gasteiger partial charge in [0.25, 0.3) is 16.8 Å². The van der Waals surface area contributed by atoms with Crippen LogP contribution in [0.2, 0.25) is 0 Å². The van der Waals surface area contributed by atoms with Gasteiger partial charge in [-0.05, 0) is 20.8 Å². The standard InChI is InChI=1S/C34H30F22O12/c1-7-16(57)63-19(10-22(35,36)37)60-13(4)66-26-29(45,46)25(44)30(47,48)27(32(26,51)52,67-14(5)61-20(11-23(38,39)40)64-17(58)8-2)34(55,56)28(31(25,49)50,33(26,53)54)68-15(6)62-21(12-24(41,42)43)65-18(59)9-3/h7-9,13-15,19-21H,1-3,10-12H2,4-6H3. The van der Waals surface area contributed by atoms with Gasteiger partial charge in [-0.15, -0.1) is 0 Å². The fourth-order valence-electron chi connectivity index (χ4n) is 7.43. The maximum Gasteiger partial charge on any atom is 0.395 e. The second kappa shape index (κ2) is 17.9. The van der Waals surface area contributed by atoms with Gasteiger partial charge in [-0.2, -0.15) is 92.2 Å². The van der Waals surface area contributed by atoms with Crippen LogP contribution in [-0.2, 0) is 57.0 Å². The topological polar surface area (TPSA) is 134 Å². The van der Waals surface area contributed by atoms with E-state index < -0.39 is 172 Å². The summed E-state index contributed by atoms with van der Waals surface area (Å²) in [6.07, 6.45) is -48.3. The molecule has 0 aromatic rings. The summed E-state index contributed by atoms with van der Waals surface area (Å²) in [5.41, 5.74) is -31.3. The second-order valence-corrected chi connectivity index (χ2v) is 14.3. The van der Waals surface area contributed by atoms with Crippen molar-refractivity contribution in [1.29, 1.82) is 0 Å². The lowest BCUT2D eigenvalue weighted by Crippen LogP contribution is -3.12. The summed E-state index contributed by atoms with van der Waals surface area (Å²) in [5.74, 6) is -55.3. The lowest BCUT2D eigenvalue weighted by molar-refractivity contribution is -0.653. The first-order valence-corrected chi connectivity index (χ1v) is 17.9. The van der Waals surface area contributed by atoms with E-state index in [0.717, 1.165) is 0 Å². The molecule has 4 saturated carbocycles. The molecule has 4 aliphatic rings. The Labute approximate surface area is 364 Å². The van der Waals surface area contributed by atoms with Crippen LogP contribution in [0.5, 0.6) is 0 Å². The average molecular weight is 1050 g/mol. The molecule has 4 fully saturated rings. The van der Waals surface area contributed by atoms with Gasteiger partial charge < -0.3 is 42.6 Å². The maximum atomic E-state index is 17.2. The van der Waals surface area contributed by atoms with Crippen molar-refractivity contribution >= 4 is 17.9 Å². The Morgan fingerprint density at radius 2 is 0.603 bits per heavy atom. The molecular formula is C34H30F22O12.